The van der Waals surface area contributed by atoms with E-state index in [4.69, 9.17) is 17.3 Å². The van der Waals surface area contributed by atoms with Gasteiger partial charge < -0.3 is 16.4 Å². The van der Waals surface area contributed by atoms with Crippen molar-refractivity contribution in [2.45, 2.75) is 13.8 Å². The molecule has 0 saturated carbocycles. The Hall–Kier alpha value is -2.45. The third kappa shape index (κ3) is 4.77. The molecule has 0 amide bonds. The van der Waals surface area contributed by atoms with Crippen LogP contribution in [-0.4, -0.2) is 28.0 Å². The third-order valence-electron chi connectivity index (χ3n) is 3.35. The predicted octanol–water partition coefficient (Wildman–Crippen LogP) is 3.18. The molecule has 0 fully saturated rings. The van der Waals surface area contributed by atoms with Crippen molar-refractivity contribution in [2.24, 2.45) is 11.1 Å². The highest BCUT2D eigenvalue weighted by atomic mass is 35.5. The van der Waals surface area contributed by atoms with Gasteiger partial charge in [0, 0.05) is 17.3 Å². The molecule has 0 atom stereocenters. The van der Waals surface area contributed by atoms with Gasteiger partial charge in [-0.15, -0.1) is 0 Å². The van der Waals surface area contributed by atoms with Crippen molar-refractivity contribution in [1.82, 2.24) is 9.97 Å². The maximum absolute atomic E-state index is 11.1. The molecule has 1 heterocycles. The minimum Gasteiger partial charge on any atom is -0.364 e. The molecule has 0 aliphatic heterocycles. The molecule has 1 aromatic heterocycles. The van der Waals surface area contributed by atoms with Crippen LogP contribution in [0.25, 0.3) is 0 Å². The van der Waals surface area contributed by atoms with Crippen LogP contribution in [0.15, 0.2) is 30.5 Å². The number of nitrogens with zero attached hydrogens (tertiary/aromatic N) is 3. The second-order valence-corrected chi connectivity index (χ2v) is 6.47. The number of halogens is 1. The largest absolute Gasteiger partial charge is 0.364 e. The number of aromatic nitrogens is 2. The van der Waals surface area contributed by atoms with Gasteiger partial charge in [-0.1, -0.05) is 25.4 Å². The number of benzene rings is 1. The highest BCUT2D eigenvalue weighted by molar-refractivity contribution is 6.30. The first-order valence-corrected chi connectivity index (χ1v) is 7.66. The van der Waals surface area contributed by atoms with Crippen molar-refractivity contribution in [2.75, 3.05) is 23.7 Å². The zero-order valence-corrected chi connectivity index (χ0v) is 14.2. The summed E-state index contributed by atoms with van der Waals surface area (Å²) in [5.74, 6) is 0.393. The van der Waals surface area contributed by atoms with Gasteiger partial charge in [0.05, 0.1) is 4.92 Å². The molecule has 128 valence electrons. The molecule has 1 aromatic carbocycles. The van der Waals surface area contributed by atoms with E-state index in [9.17, 15) is 10.1 Å². The van der Waals surface area contributed by atoms with Crippen molar-refractivity contribution in [1.29, 1.82) is 0 Å². The first kappa shape index (κ1) is 17.9. The van der Waals surface area contributed by atoms with E-state index in [1.807, 2.05) is 13.8 Å². The minimum absolute atomic E-state index is 0.146. The van der Waals surface area contributed by atoms with Crippen LogP contribution in [0.1, 0.15) is 13.8 Å². The van der Waals surface area contributed by atoms with E-state index in [-0.39, 0.29) is 22.9 Å². The molecule has 2 aromatic rings. The average Bonchev–Trinajstić information content (AvgIpc) is 2.55. The molecule has 0 aliphatic rings. The fraction of sp³-hybridized carbons (Fsp3) is 0.333. The number of nitrogens with one attached hydrogen (secondary N) is 2. The second kappa shape index (κ2) is 7.41. The van der Waals surface area contributed by atoms with Crippen molar-refractivity contribution < 1.29 is 4.92 Å². The van der Waals surface area contributed by atoms with E-state index in [2.05, 4.69) is 20.6 Å². The molecule has 2 rings (SSSR count). The lowest BCUT2D eigenvalue weighted by Gasteiger charge is -2.22. The van der Waals surface area contributed by atoms with Gasteiger partial charge in [-0.25, -0.2) is 4.98 Å². The molecule has 0 bridgehead atoms. The normalized spacial score (nSPS) is 11.2. The van der Waals surface area contributed by atoms with Crippen LogP contribution in [-0.2, 0) is 0 Å². The van der Waals surface area contributed by atoms with E-state index in [0.29, 0.717) is 18.1 Å². The van der Waals surface area contributed by atoms with Crippen molar-refractivity contribution >= 4 is 34.7 Å². The highest BCUT2D eigenvalue weighted by Gasteiger charge is 2.21. The summed E-state index contributed by atoms with van der Waals surface area (Å²) in [5.41, 5.74) is 6.00. The van der Waals surface area contributed by atoms with Crippen LogP contribution in [0, 0.1) is 15.5 Å². The fourth-order valence-corrected chi connectivity index (χ4v) is 1.88. The molecule has 0 aliphatic carbocycles. The summed E-state index contributed by atoms with van der Waals surface area (Å²) < 4.78 is 0. The Kier molecular flexibility index (Phi) is 5.53. The second-order valence-electron chi connectivity index (χ2n) is 6.04. The summed E-state index contributed by atoms with van der Waals surface area (Å²) in [6.45, 7) is 4.80. The summed E-state index contributed by atoms with van der Waals surface area (Å²) in [6.07, 6.45) is 1.17. The Labute approximate surface area is 144 Å². The summed E-state index contributed by atoms with van der Waals surface area (Å²) in [6, 6.07) is 6.96. The van der Waals surface area contributed by atoms with Crippen LogP contribution in [0.3, 0.4) is 0 Å². The third-order valence-corrected chi connectivity index (χ3v) is 3.61. The summed E-state index contributed by atoms with van der Waals surface area (Å²) in [5, 5.41) is 17.7. The Morgan fingerprint density at radius 2 is 2.00 bits per heavy atom. The smallest absolute Gasteiger partial charge is 0.329 e. The molecule has 0 unspecified atom stereocenters. The molecule has 4 N–H and O–H groups in total. The first-order chi connectivity index (χ1) is 11.3. The van der Waals surface area contributed by atoms with Gasteiger partial charge in [0.1, 0.15) is 6.20 Å². The van der Waals surface area contributed by atoms with Crippen LogP contribution in [0.4, 0.5) is 23.1 Å². The lowest BCUT2D eigenvalue weighted by Crippen LogP contribution is -2.31. The number of anilines is 3. The quantitative estimate of drug-likeness (QED) is 0.518. The van der Waals surface area contributed by atoms with Gasteiger partial charge in [-0.2, -0.15) is 4.98 Å². The highest BCUT2D eigenvalue weighted by Crippen LogP contribution is 2.25. The Morgan fingerprint density at radius 1 is 1.33 bits per heavy atom. The molecule has 24 heavy (non-hydrogen) atoms. The topological polar surface area (TPSA) is 119 Å². The monoisotopic (exact) mass is 350 g/mol. The van der Waals surface area contributed by atoms with E-state index >= 15 is 0 Å². The number of nitrogens with two attached hydrogens (primary N) is 1. The predicted molar refractivity (Wildman–Crippen MR) is 94.7 cm³/mol. The zero-order chi connectivity index (χ0) is 17.7. The molecular formula is C15H19ClN6O2. The van der Waals surface area contributed by atoms with Gasteiger partial charge in [-0.3, -0.25) is 10.1 Å². The number of nitro groups is 1. The standard InChI is InChI=1S/C15H19ClN6O2/c1-15(2,8-17)9-19-13-12(22(23)24)7-18-14(21-13)20-11-5-3-10(16)4-6-11/h3-7H,8-9,17H2,1-2H3,(H2,18,19,20,21). The van der Waals surface area contributed by atoms with Crippen LogP contribution in [0.2, 0.25) is 5.02 Å². The van der Waals surface area contributed by atoms with Gasteiger partial charge in [-0.05, 0) is 36.2 Å². The number of hydrogen-bond acceptors (Lipinski definition) is 7. The van der Waals surface area contributed by atoms with E-state index in [0.717, 1.165) is 5.69 Å². The van der Waals surface area contributed by atoms with Crippen LogP contribution < -0.4 is 16.4 Å². The van der Waals surface area contributed by atoms with E-state index in [1.54, 1.807) is 24.3 Å². The Balaban J connectivity index is 2.23. The molecule has 8 nitrogen and oxygen atoms in total. The Morgan fingerprint density at radius 3 is 2.58 bits per heavy atom. The van der Waals surface area contributed by atoms with E-state index < -0.39 is 4.92 Å². The van der Waals surface area contributed by atoms with E-state index in [1.165, 1.54) is 6.20 Å². The molecule has 0 radical (unpaired) electrons. The summed E-state index contributed by atoms with van der Waals surface area (Å²) >= 11 is 5.84. The Bertz CT molecular complexity index is 720. The van der Waals surface area contributed by atoms with Gasteiger partial charge in [0.25, 0.3) is 0 Å². The van der Waals surface area contributed by atoms with Crippen molar-refractivity contribution in [3.05, 3.63) is 45.6 Å². The maximum Gasteiger partial charge on any atom is 0.329 e. The zero-order valence-electron chi connectivity index (χ0n) is 13.4. The van der Waals surface area contributed by atoms with Gasteiger partial charge >= 0.3 is 5.69 Å². The molecule has 9 heteroatoms. The van der Waals surface area contributed by atoms with Crippen molar-refractivity contribution in [3.8, 4) is 0 Å². The first-order valence-electron chi connectivity index (χ1n) is 7.29. The SMILES string of the molecule is CC(C)(CN)CNc1nc(Nc2ccc(Cl)cc2)ncc1[N+](=O)[O-]. The fourth-order valence-electron chi connectivity index (χ4n) is 1.76. The number of hydrogen-bond donors (Lipinski definition) is 3. The molecule has 0 spiro atoms. The average molecular weight is 351 g/mol. The summed E-state index contributed by atoms with van der Waals surface area (Å²) in [7, 11) is 0. The molecular weight excluding hydrogens is 332 g/mol. The summed E-state index contributed by atoms with van der Waals surface area (Å²) in [4.78, 5) is 18.8. The lowest BCUT2D eigenvalue weighted by molar-refractivity contribution is -0.384. The van der Waals surface area contributed by atoms with Gasteiger partial charge in [0.2, 0.25) is 11.8 Å². The molecule has 0 saturated heterocycles. The van der Waals surface area contributed by atoms with Gasteiger partial charge in [0.15, 0.2) is 0 Å². The van der Waals surface area contributed by atoms with Crippen LogP contribution in [0.5, 0.6) is 0 Å². The number of rotatable bonds is 7. The lowest BCUT2D eigenvalue weighted by atomic mass is 9.94. The van der Waals surface area contributed by atoms with Crippen molar-refractivity contribution in [3.63, 3.8) is 0 Å². The maximum atomic E-state index is 11.1. The van der Waals surface area contributed by atoms with Crippen LogP contribution >= 0.6 is 11.6 Å². The minimum atomic E-state index is -0.524.